The van der Waals surface area contributed by atoms with Crippen LogP contribution in [0.25, 0.3) is 0 Å². The summed E-state index contributed by atoms with van der Waals surface area (Å²) in [6.45, 7) is 11.5. The zero-order valence-corrected chi connectivity index (χ0v) is 14.3. The van der Waals surface area contributed by atoms with Gasteiger partial charge in [0.2, 0.25) is 0 Å². The lowest BCUT2D eigenvalue weighted by Crippen LogP contribution is -2.38. The molecular weight excluding hydrogens is 265 g/mol. The quantitative estimate of drug-likeness (QED) is 0.455. The van der Waals surface area contributed by atoms with Crippen LogP contribution in [0.4, 0.5) is 0 Å². The van der Waals surface area contributed by atoms with Crippen molar-refractivity contribution in [3.8, 4) is 0 Å². The van der Waals surface area contributed by atoms with Crippen molar-refractivity contribution >= 4 is 24.0 Å². The lowest BCUT2D eigenvalue weighted by molar-refractivity contribution is 0.171. The molecule has 0 aromatic rings. The lowest BCUT2D eigenvalue weighted by Gasteiger charge is -2.32. The zero-order valence-electron chi connectivity index (χ0n) is 12.8. The van der Waals surface area contributed by atoms with Crippen LogP contribution >= 0.6 is 24.0 Å². The predicted molar refractivity (Wildman–Crippen MR) is 87.3 cm³/mol. The third kappa shape index (κ3) is 10.5. The van der Waals surface area contributed by atoms with E-state index in [2.05, 4.69) is 32.6 Å². The fraction of sp³-hybridized carbons (Fsp3) is 1.00. The second kappa shape index (κ2) is 14.0. The molecule has 0 aliphatic carbocycles. The molecule has 112 valence electrons. The minimum atomic E-state index is 0. The van der Waals surface area contributed by atoms with Gasteiger partial charge >= 0.3 is 0 Å². The van der Waals surface area contributed by atoms with Gasteiger partial charge in [-0.1, -0.05) is 40.0 Å². The highest BCUT2D eigenvalue weighted by molar-refractivity contribution is 6.20. The normalized spacial score (nSPS) is 14.3. The highest BCUT2D eigenvalue weighted by Gasteiger charge is 2.18. The number of alkyl halides is 1. The summed E-state index contributed by atoms with van der Waals surface area (Å²) < 4.78 is 0. The Morgan fingerprint density at radius 1 is 0.944 bits per heavy atom. The molecule has 0 aromatic carbocycles. The standard InChI is InChI=1S/C15H32ClN.ClH/c1-5-8-11-17(12-9-6-2)15(10-7-3)13-14(4)16;/h14-15H,5-13H2,1-4H3;1H. The summed E-state index contributed by atoms with van der Waals surface area (Å²) >= 11 is 6.19. The van der Waals surface area contributed by atoms with Crippen LogP contribution in [0.5, 0.6) is 0 Å². The van der Waals surface area contributed by atoms with Crippen LogP contribution in [0.1, 0.15) is 72.6 Å². The minimum absolute atomic E-state index is 0. The first-order valence-corrected chi connectivity index (χ1v) is 7.97. The van der Waals surface area contributed by atoms with Crippen LogP contribution in [0.15, 0.2) is 0 Å². The first-order valence-electron chi connectivity index (χ1n) is 7.53. The van der Waals surface area contributed by atoms with Crippen LogP contribution < -0.4 is 0 Å². The molecule has 0 spiro atoms. The van der Waals surface area contributed by atoms with E-state index < -0.39 is 0 Å². The van der Waals surface area contributed by atoms with E-state index in [0.717, 1.165) is 6.42 Å². The van der Waals surface area contributed by atoms with Gasteiger partial charge in [0, 0.05) is 11.4 Å². The van der Waals surface area contributed by atoms with Crippen molar-refractivity contribution in [2.75, 3.05) is 13.1 Å². The Morgan fingerprint density at radius 2 is 1.44 bits per heavy atom. The van der Waals surface area contributed by atoms with Gasteiger partial charge in [-0.3, -0.25) is 0 Å². The second-order valence-electron chi connectivity index (χ2n) is 5.20. The van der Waals surface area contributed by atoms with Gasteiger partial charge in [0.05, 0.1) is 0 Å². The summed E-state index contributed by atoms with van der Waals surface area (Å²) in [4.78, 5) is 2.69. The Bertz CT molecular complexity index is 155. The van der Waals surface area contributed by atoms with Crippen LogP contribution in [0.2, 0.25) is 0 Å². The third-order valence-electron chi connectivity index (χ3n) is 3.33. The molecule has 0 rings (SSSR count). The Balaban J connectivity index is 0. The van der Waals surface area contributed by atoms with Gasteiger partial charge < -0.3 is 4.90 Å². The molecule has 0 aromatic heterocycles. The lowest BCUT2D eigenvalue weighted by atomic mass is 10.0. The topological polar surface area (TPSA) is 3.24 Å². The molecule has 0 radical (unpaired) electrons. The van der Waals surface area contributed by atoms with Gasteiger partial charge in [0.15, 0.2) is 0 Å². The van der Waals surface area contributed by atoms with Crippen LogP contribution in [-0.2, 0) is 0 Å². The molecule has 0 aliphatic rings. The maximum Gasteiger partial charge on any atom is 0.0322 e. The fourth-order valence-electron chi connectivity index (χ4n) is 2.36. The number of nitrogens with zero attached hydrogens (tertiary/aromatic N) is 1. The zero-order chi connectivity index (χ0) is 13.1. The summed E-state index contributed by atoms with van der Waals surface area (Å²) in [5.41, 5.74) is 0. The SMILES string of the molecule is CCCCN(CCCC)C(CCC)CC(C)Cl.Cl. The maximum atomic E-state index is 6.19. The molecule has 0 bridgehead atoms. The molecule has 0 heterocycles. The average molecular weight is 298 g/mol. The van der Waals surface area contributed by atoms with Gasteiger partial charge in [0.25, 0.3) is 0 Å². The smallest absolute Gasteiger partial charge is 0.0322 e. The van der Waals surface area contributed by atoms with E-state index in [1.165, 1.54) is 51.6 Å². The molecule has 0 saturated carbocycles. The third-order valence-corrected chi connectivity index (χ3v) is 3.51. The first-order chi connectivity index (χ1) is 8.15. The molecule has 1 nitrogen and oxygen atoms in total. The number of hydrogen-bond donors (Lipinski definition) is 0. The van der Waals surface area contributed by atoms with Gasteiger partial charge in [-0.15, -0.1) is 24.0 Å². The molecule has 0 N–H and O–H groups in total. The first kappa shape index (κ1) is 20.8. The molecular formula is C15H33Cl2N. The van der Waals surface area contributed by atoms with Crippen molar-refractivity contribution in [1.82, 2.24) is 4.90 Å². The number of rotatable bonds is 11. The predicted octanol–water partition coefficient (Wildman–Crippen LogP) is 5.50. The molecule has 2 unspecified atom stereocenters. The van der Waals surface area contributed by atoms with Crippen LogP contribution in [0, 0.1) is 0 Å². The van der Waals surface area contributed by atoms with Crippen LogP contribution in [0.3, 0.4) is 0 Å². The van der Waals surface area contributed by atoms with Crippen molar-refractivity contribution in [2.45, 2.75) is 84.1 Å². The molecule has 3 heteroatoms. The van der Waals surface area contributed by atoms with Crippen molar-refractivity contribution in [3.63, 3.8) is 0 Å². The van der Waals surface area contributed by atoms with E-state index in [0.29, 0.717) is 11.4 Å². The van der Waals surface area contributed by atoms with E-state index in [1.807, 2.05) is 0 Å². The number of halogens is 2. The van der Waals surface area contributed by atoms with E-state index in [1.54, 1.807) is 0 Å². The summed E-state index contributed by atoms with van der Waals surface area (Å²) in [5, 5.41) is 0.303. The molecule has 0 saturated heterocycles. The Labute approximate surface area is 126 Å². The minimum Gasteiger partial charge on any atom is -0.300 e. The van der Waals surface area contributed by atoms with Gasteiger partial charge in [-0.05, 0) is 45.7 Å². The number of hydrogen-bond acceptors (Lipinski definition) is 1. The molecule has 0 aliphatic heterocycles. The van der Waals surface area contributed by atoms with E-state index in [4.69, 9.17) is 11.6 Å². The maximum absolute atomic E-state index is 6.19. The second-order valence-corrected chi connectivity index (χ2v) is 5.95. The molecule has 0 fully saturated rings. The van der Waals surface area contributed by atoms with Crippen molar-refractivity contribution in [1.29, 1.82) is 0 Å². The molecule has 2 atom stereocenters. The largest absolute Gasteiger partial charge is 0.300 e. The average Bonchev–Trinajstić information content (AvgIpc) is 2.28. The van der Waals surface area contributed by atoms with E-state index >= 15 is 0 Å². The van der Waals surface area contributed by atoms with Crippen molar-refractivity contribution in [3.05, 3.63) is 0 Å². The monoisotopic (exact) mass is 297 g/mol. The summed E-state index contributed by atoms with van der Waals surface area (Å²) in [7, 11) is 0. The van der Waals surface area contributed by atoms with Crippen molar-refractivity contribution < 1.29 is 0 Å². The van der Waals surface area contributed by atoms with Gasteiger partial charge in [-0.2, -0.15) is 0 Å². The molecule has 18 heavy (non-hydrogen) atoms. The number of unbranched alkanes of at least 4 members (excludes halogenated alkanes) is 2. The van der Waals surface area contributed by atoms with Crippen LogP contribution in [-0.4, -0.2) is 29.4 Å². The highest BCUT2D eigenvalue weighted by atomic mass is 35.5. The van der Waals surface area contributed by atoms with Gasteiger partial charge in [0.1, 0.15) is 0 Å². The summed E-state index contributed by atoms with van der Waals surface area (Å²) in [5.74, 6) is 0. The Hall–Kier alpha value is 0.540. The summed E-state index contributed by atoms with van der Waals surface area (Å²) in [6, 6.07) is 0.700. The highest BCUT2D eigenvalue weighted by Crippen LogP contribution is 2.17. The van der Waals surface area contributed by atoms with Gasteiger partial charge in [-0.25, -0.2) is 0 Å². The summed E-state index contributed by atoms with van der Waals surface area (Å²) in [6.07, 6.45) is 8.92. The van der Waals surface area contributed by atoms with Crippen molar-refractivity contribution in [2.24, 2.45) is 0 Å². The van der Waals surface area contributed by atoms with E-state index in [9.17, 15) is 0 Å². The fourth-order valence-corrected chi connectivity index (χ4v) is 2.56. The van der Waals surface area contributed by atoms with E-state index in [-0.39, 0.29) is 12.4 Å². The molecule has 0 amide bonds. The Morgan fingerprint density at radius 3 is 1.78 bits per heavy atom. The Kier molecular flexibility index (Phi) is 16.2.